The third kappa shape index (κ3) is 3.20. The van der Waals surface area contributed by atoms with Crippen molar-refractivity contribution in [3.8, 4) is 0 Å². The predicted molar refractivity (Wildman–Crippen MR) is 81.1 cm³/mol. The molecule has 0 radical (unpaired) electrons. The van der Waals surface area contributed by atoms with Gasteiger partial charge in [0.25, 0.3) is 5.91 Å². The summed E-state index contributed by atoms with van der Waals surface area (Å²) in [7, 11) is 0. The Morgan fingerprint density at radius 3 is 2.75 bits per heavy atom. The van der Waals surface area contributed by atoms with Crippen molar-refractivity contribution in [1.82, 2.24) is 9.88 Å². The lowest BCUT2D eigenvalue weighted by Gasteiger charge is -2.34. The van der Waals surface area contributed by atoms with Gasteiger partial charge in [-0.2, -0.15) is 13.2 Å². The highest BCUT2D eigenvalue weighted by Crippen LogP contribution is 2.34. The first-order valence-electron chi connectivity index (χ1n) is 7.68. The summed E-state index contributed by atoms with van der Waals surface area (Å²) in [6, 6.07) is 5.41. The molecular weight excluding hydrogens is 324 g/mol. The Morgan fingerprint density at radius 2 is 2.04 bits per heavy atom. The van der Waals surface area contributed by atoms with Crippen molar-refractivity contribution in [2.24, 2.45) is 5.92 Å². The number of amides is 1. The summed E-state index contributed by atoms with van der Waals surface area (Å²) >= 11 is 0. The minimum absolute atomic E-state index is 0.0363. The largest absolute Gasteiger partial charge is 0.393 e. The van der Waals surface area contributed by atoms with E-state index in [9.17, 15) is 22.4 Å². The van der Waals surface area contributed by atoms with E-state index < -0.39 is 23.8 Å². The maximum atomic E-state index is 13.4. The van der Waals surface area contributed by atoms with Gasteiger partial charge >= 0.3 is 6.18 Å². The van der Waals surface area contributed by atoms with E-state index in [4.69, 9.17) is 0 Å². The van der Waals surface area contributed by atoms with Crippen molar-refractivity contribution in [2.75, 3.05) is 13.1 Å². The maximum Gasteiger partial charge on any atom is 0.393 e. The van der Waals surface area contributed by atoms with Crippen molar-refractivity contribution in [1.29, 1.82) is 0 Å². The molecule has 0 unspecified atom stereocenters. The first kappa shape index (κ1) is 16.7. The van der Waals surface area contributed by atoms with Crippen molar-refractivity contribution in [3.63, 3.8) is 0 Å². The van der Waals surface area contributed by atoms with Gasteiger partial charge in [-0.3, -0.25) is 9.78 Å². The summed E-state index contributed by atoms with van der Waals surface area (Å²) in [5.74, 6) is -2.44. The lowest BCUT2D eigenvalue weighted by molar-refractivity contribution is -0.184. The molecule has 0 saturated carbocycles. The number of pyridine rings is 1. The Hall–Kier alpha value is -2.18. The van der Waals surface area contributed by atoms with Gasteiger partial charge in [0.15, 0.2) is 0 Å². The van der Waals surface area contributed by atoms with Crippen LogP contribution in [0.25, 0.3) is 10.9 Å². The molecule has 0 aliphatic carbocycles. The molecule has 3 rings (SSSR count). The average Bonchev–Trinajstić information content (AvgIpc) is 2.52. The molecule has 1 saturated heterocycles. The summed E-state index contributed by atoms with van der Waals surface area (Å²) < 4.78 is 52.2. The van der Waals surface area contributed by atoms with Crippen LogP contribution in [0, 0.1) is 18.7 Å². The number of fused-ring (bicyclic) bond motifs is 1. The monoisotopic (exact) mass is 340 g/mol. The Labute approximate surface area is 136 Å². The third-order valence-electron chi connectivity index (χ3n) is 4.30. The van der Waals surface area contributed by atoms with E-state index in [0.29, 0.717) is 23.0 Å². The second-order valence-electron chi connectivity index (χ2n) is 6.10. The fraction of sp³-hybridized carbons (Fsp3) is 0.412. The highest BCUT2D eigenvalue weighted by atomic mass is 19.4. The number of piperidine rings is 1. The van der Waals surface area contributed by atoms with Gasteiger partial charge in [-0.25, -0.2) is 4.39 Å². The number of hydrogen-bond acceptors (Lipinski definition) is 2. The zero-order valence-corrected chi connectivity index (χ0v) is 13.0. The zero-order valence-electron chi connectivity index (χ0n) is 13.0. The van der Waals surface area contributed by atoms with E-state index in [0.717, 1.165) is 0 Å². The van der Waals surface area contributed by atoms with Crippen LogP contribution in [0.3, 0.4) is 0 Å². The van der Waals surface area contributed by atoms with E-state index in [-0.39, 0.29) is 25.1 Å². The van der Waals surface area contributed by atoms with E-state index in [1.165, 1.54) is 23.1 Å². The van der Waals surface area contributed by atoms with Gasteiger partial charge in [-0.15, -0.1) is 0 Å². The Morgan fingerprint density at radius 1 is 1.29 bits per heavy atom. The SMILES string of the molecule is Cc1cc(C(=O)N2CCC[C@@H](C(F)(F)F)C2)c2ccc(F)cc2n1. The van der Waals surface area contributed by atoms with Crippen LogP contribution in [0.2, 0.25) is 0 Å². The van der Waals surface area contributed by atoms with Crippen LogP contribution < -0.4 is 0 Å². The van der Waals surface area contributed by atoms with Crippen LogP contribution in [-0.2, 0) is 0 Å². The molecule has 2 heterocycles. The van der Waals surface area contributed by atoms with E-state index in [2.05, 4.69) is 4.98 Å². The number of rotatable bonds is 1. The van der Waals surface area contributed by atoms with Crippen LogP contribution in [0.4, 0.5) is 17.6 Å². The van der Waals surface area contributed by atoms with Crippen LogP contribution in [0.1, 0.15) is 28.9 Å². The van der Waals surface area contributed by atoms with E-state index >= 15 is 0 Å². The second kappa shape index (κ2) is 6.03. The quantitative estimate of drug-likeness (QED) is 0.733. The number of aryl methyl sites for hydroxylation is 1. The minimum atomic E-state index is -4.31. The first-order chi connectivity index (χ1) is 11.3. The number of halogens is 4. The highest BCUT2D eigenvalue weighted by Gasteiger charge is 2.42. The summed E-state index contributed by atoms with van der Waals surface area (Å²) in [6.45, 7) is 1.61. The molecule has 0 N–H and O–H groups in total. The topological polar surface area (TPSA) is 33.2 Å². The number of carbonyl (C=O) groups is 1. The van der Waals surface area contributed by atoms with Crippen LogP contribution in [0.5, 0.6) is 0 Å². The van der Waals surface area contributed by atoms with Gasteiger partial charge in [-0.1, -0.05) is 0 Å². The summed E-state index contributed by atoms with van der Waals surface area (Å²) in [5.41, 5.74) is 1.10. The van der Waals surface area contributed by atoms with Crippen molar-refractivity contribution >= 4 is 16.8 Å². The molecule has 1 aliphatic rings. The van der Waals surface area contributed by atoms with E-state index in [1.54, 1.807) is 13.0 Å². The number of alkyl halides is 3. The molecule has 128 valence electrons. The standard InChI is InChI=1S/C17H16F4N2O/c1-10-7-14(13-5-4-12(18)8-15(13)22-10)16(24)23-6-2-3-11(9-23)17(19,20)21/h4-5,7-8,11H,2-3,6,9H2,1H3/t11-/m1/s1. The number of nitrogens with zero attached hydrogens (tertiary/aromatic N) is 2. The van der Waals surface area contributed by atoms with Gasteiger partial charge in [-0.05, 0) is 38.0 Å². The molecule has 24 heavy (non-hydrogen) atoms. The van der Waals surface area contributed by atoms with Crippen LogP contribution in [0.15, 0.2) is 24.3 Å². The van der Waals surface area contributed by atoms with Gasteiger partial charge in [0.05, 0.1) is 17.0 Å². The number of carbonyl (C=O) groups excluding carboxylic acids is 1. The normalized spacial score (nSPS) is 18.9. The average molecular weight is 340 g/mol. The first-order valence-corrected chi connectivity index (χ1v) is 7.68. The molecule has 3 nitrogen and oxygen atoms in total. The number of aromatic nitrogens is 1. The number of likely N-dealkylation sites (tertiary alicyclic amines) is 1. The summed E-state index contributed by atoms with van der Waals surface area (Å²) in [4.78, 5) is 18.2. The van der Waals surface area contributed by atoms with E-state index in [1.807, 2.05) is 0 Å². The summed E-state index contributed by atoms with van der Waals surface area (Å²) in [6.07, 6.45) is -3.96. The fourth-order valence-corrected chi connectivity index (χ4v) is 3.11. The maximum absolute atomic E-state index is 13.4. The Balaban J connectivity index is 1.96. The zero-order chi connectivity index (χ0) is 17.5. The van der Waals surface area contributed by atoms with Crippen LogP contribution in [-0.4, -0.2) is 35.1 Å². The smallest absolute Gasteiger partial charge is 0.338 e. The molecule has 0 bridgehead atoms. The molecular formula is C17H16F4N2O. The molecule has 1 fully saturated rings. The molecule has 1 amide bonds. The van der Waals surface area contributed by atoms with Gasteiger partial charge in [0, 0.05) is 30.2 Å². The molecule has 7 heteroatoms. The fourth-order valence-electron chi connectivity index (χ4n) is 3.11. The minimum Gasteiger partial charge on any atom is -0.338 e. The number of hydrogen-bond donors (Lipinski definition) is 0. The highest BCUT2D eigenvalue weighted by molar-refractivity contribution is 6.06. The third-order valence-corrected chi connectivity index (χ3v) is 4.30. The van der Waals surface area contributed by atoms with Gasteiger partial charge < -0.3 is 4.90 Å². The van der Waals surface area contributed by atoms with Gasteiger partial charge in [0.2, 0.25) is 0 Å². The molecule has 0 spiro atoms. The summed E-state index contributed by atoms with van der Waals surface area (Å²) in [5, 5.41) is 0.445. The lowest BCUT2D eigenvalue weighted by Crippen LogP contribution is -2.44. The predicted octanol–water partition coefficient (Wildman–Crippen LogP) is 4.10. The lowest BCUT2D eigenvalue weighted by atomic mass is 9.96. The molecule has 1 aromatic heterocycles. The van der Waals surface area contributed by atoms with Crippen molar-refractivity contribution in [3.05, 3.63) is 41.3 Å². The van der Waals surface area contributed by atoms with Crippen molar-refractivity contribution in [2.45, 2.75) is 25.9 Å². The number of benzene rings is 1. The molecule has 1 atom stereocenters. The second-order valence-corrected chi connectivity index (χ2v) is 6.10. The van der Waals surface area contributed by atoms with Crippen LogP contribution >= 0.6 is 0 Å². The molecule has 1 aliphatic heterocycles. The molecule has 2 aromatic rings. The Bertz CT molecular complexity index is 783. The molecule has 1 aromatic carbocycles. The Kier molecular flexibility index (Phi) is 4.19. The van der Waals surface area contributed by atoms with Gasteiger partial charge in [0.1, 0.15) is 5.82 Å². The van der Waals surface area contributed by atoms with Crippen molar-refractivity contribution < 1.29 is 22.4 Å².